The molecule has 2 aromatic rings. The Kier molecular flexibility index (Phi) is 3.79. The van der Waals surface area contributed by atoms with Crippen LogP contribution in [-0.4, -0.2) is 11.5 Å². The molecule has 0 radical (unpaired) electrons. The monoisotopic (exact) mass is 230 g/mol. The molecule has 2 heterocycles. The molecule has 0 aliphatic carbocycles. The predicted molar refractivity (Wildman–Crippen MR) is 70.8 cm³/mol. The Morgan fingerprint density at radius 3 is 3.19 bits per heavy atom. The molecule has 0 amide bonds. The van der Waals surface area contributed by atoms with Crippen molar-refractivity contribution in [1.29, 1.82) is 0 Å². The van der Waals surface area contributed by atoms with Gasteiger partial charge in [-0.25, -0.2) is 4.98 Å². The van der Waals surface area contributed by atoms with E-state index in [1.807, 2.05) is 12.3 Å². The Bertz CT molecular complexity index is 496. The molecule has 0 bridgehead atoms. The number of nitrogens with zero attached hydrogens (tertiary/aromatic N) is 1. The molecule has 0 atom stereocenters. The lowest BCUT2D eigenvalue weighted by atomic mass is 10.2. The molecule has 0 aliphatic heterocycles. The van der Waals surface area contributed by atoms with E-state index in [1.54, 1.807) is 11.3 Å². The Morgan fingerprint density at radius 1 is 1.38 bits per heavy atom. The number of hydrogen-bond acceptors (Lipinski definition) is 3. The first-order valence-electron chi connectivity index (χ1n) is 5.41. The molecule has 0 fully saturated rings. The topological polar surface area (TPSA) is 24.9 Å². The first-order valence-corrected chi connectivity index (χ1v) is 6.29. The zero-order valence-electron chi connectivity index (χ0n) is 9.07. The van der Waals surface area contributed by atoms with Crippen molar-refractivity contribution in [3.8, 4) is 12.3 Å². The minimum atomic E-state index is 0.859. The number of thiophene rings is 1. The first-order chi connectivity index (χ1) is 7.92. The van der Waals surface area contributed by atoms with Crippen molar-refractivity contribution in [3.05, 3.63) is 23.7 Å². The van der Waals surface area contributed by atoms with E-state index in [1.165, 1.54) is 10.1 Å². The maximum atomic E-state index is 5.20. The summed E-state index contributed by atoms with van der Waals surface area (Å²) in [6.45, 7) is 0.934. The van der Waals surface area contributed by atoms with Crippen molar-refractivity contribution < 1.29 is 0 Å². The van der Waals surface area contributed by atoms with Gasteiger partial charge in [-0.2, -0.15) is 0 Å². The number of anilines is 1. The quantitative estimate of drug-likeness (QED) is 0.628. The molecule has 0 spiro atoms. The third-order valence-corrected chi connectivity index (χ3v) is 3.30. The number of aromatic nitrogens is 1. The second-order valence-corrected chi connectivity index (χ2v) is 4.53. The number of rotatable bonds is 5. The van der Waals surface area contributed by atoms with Crippen molar-refractivity contribution in [1.82, 2.24) is 4.98 Å². The zero-order valence-corrected chi connectivity index (χ0v) is 9.89. The van der Waals surface area contributed by atoms with E-state index >= 15 is 0 Å². The highest BCUT2D eigenvalue weighted by molar-refractivity contribution is 7.17. The second kappa shape index (κ2) is 5.53. The van der Waals surface area contributed by atoms with Gasteiger partial charge in [0.2, 0.25) is 0 Å². The summed E-state index contributed by atoms with van der Waals surface area (Å²) in [6, 6.07) is 4.15. The normalized spacial score (nSPS) is 10.2. The minimum absolute atomic E-state index is 0.859. The molecule has 0 aliphatic rings. The van der Waals surface area contributed by atoms with Gasteiger partial charge in [-0.15, -0.1) is 23.7 Å². The van der Waals surface area contributed by atoms with Gasteiger partial charge in [-0.05, 0) is 30.4 Å². The van der Waals surface area contributed by atoms with Crippen LogP contribution in [0.4, 0.5) is 5.82 Å². The lowest BCUT2D eigenvalue weighted by Gasteiger charge is -2.05. The van der Waals surface area contributed by atoms with Gasteiger partial charge in [0.1, 0.15) is 5.82 Å². The number of fused-ring (bicyclic) bond motifs is 1. The highest BCUT2D eigenvalue weighted by Crippen LogP contribution is 2.25. The Morgan fingerprint density at radius 2 is 2.31 bits per heavy atom. The third-order valence-electron chi connectivity index (χ3n) is 2.42. The number of hydrogen-bond donors (Lipinski definition) is 1. The Hall–Kier alpha value is -1.53. The maximum Gasteiger partial charge on any atom is 0.134 e. The fourth-order valence-corrected chi connectivity index (χ4v) is 2.38. The standard InChI is InChI=1S/C13H14N2S/c1-2-3-4-5-8-14-13-11-7-10-16-12(11)6-9-15-13/h1,6-7,9-10H,3-5,8H2,(H,14,15). The molecule has 0 aromatic carbocycles. The summed E-state index contributed by atoms with van der Waals surface area (Å²) in [5, 5.41) is 6.67. The lowest BCUT2D eigenvalue weighted by molar-refractivity contribution is 0.788. The molecule has 82 valence electrons. The smallest absolute Gasteiger partial charge is 0.134 e. The summed E-state index contributed by atoms with van der Waals surface area (Å²) in [7, 11) is 0. The van der Waals surface area contributed by atoms with Gasteiger partial charge in [0, 0.05) is 29.2 Å². The average molecular weight is 230 g/mol. The van der Waals surface area contributed by atoms with Crippen LogP contribution in [0, 0.1) is 12.3 Å². The zero-order chi connectivity index (χ0) is 11.2. The summed E-state index contributed by atoms with van der Waals surface area (Å²) in [6.07, 6.45) is 10.1. The molecule has 3 heteroatoms. The van der Waals surface area contributed by atoms with Crippen LogP contribution in [0.25, 0.3) is 10.1 Å². The summed E-state index contributed by atoms with van der Waals surface area (Å²) < 4.78 is 1.28. The van der Waals surface area contributed by atoms with Crippen LogP contribution >= 0.6 is 11.3 Å². The van der Waals surface area contributed by atoms with Crippen molar-refractivity contribution in [2.75, 3.05) is 11.9 Å². The van der Waals surface area contributed by atoms with Crippen molar-refractivity contribution in [2.24, 2.45) is 0 Å². The fourth-order valence-electron chi connectivity index (χ4n) is 1.59. The SMILES string of the molecule is C#CCCCCNc1nccc2sccc12. The molecule has 0 saturated heterocycles. The first kappa shape index (κ1) is 11.0. The molecular weight excluding hydrogens is 216 g/mol. The predicted octanol–water partition coefficient (Wildman–Crippen LogP) is 3.51. The van der Waals surface area contributed by atoms with Crippen LogP contribution < -0.4 is 5.32 Å². The average Bonchev–Trinajstić information content (AvgIpc) is 2.77. The van der Waals surface area contributed by atoms with E-state index in [0.717, 1.165) is 31.6 Å². The van der Waals surface area contributed by atoms with E-state index in [9.17, 15) is 0 Å². The summed E-state index contributed by atoms with van der Waals surface area (Å²) in [5.74, 6) is 3.64. The van der Waals surface area contributed by atoms with Crippen LogP contribution in [0.15, 0.2) is 23.7 Å². The van der Waals surface area contributed by atoms with E-state index in [0.29, 0.717) is 0 Å². The summed E-state index contributed by atoms with van der Waals surface area (Å²) in [5.41, 5.74) is 0. The van der Waals surface area contributed by atoms with Crippen LogP contribution in [0.2, 0.25) is 0 Å². The molecule has 2 rings (SSSR count). The van der Waals surface area contributed by atoms with Crippen LogP contribution in [0.1, 0.15) is 19.3 Å². The summed E-state index contributed by atoms with van der Waals surface area (Å²) >= 11 is 1.74. The molecule has 2 nitrogen and oxygen atoms in total. The Balaban J connectivity index is 1.94. The van der Waals surface area contributed by atoms with E-state index in [2.05, 4.69) is 27.7 Å². The molecule has 16 heavy (non-hydrogen) atoms. The fraction of sp³-hybridized carbons (Fsp3) is 0.308. The van der Waals surface area contributed by atoms with E-state index in [4.69, 9.17) is 6.42 Å². The molecule has 0 saturated carbocycles. The van der Waals surface area contributed by atoms with Crippen LogP contribution in [-0.2, 0) is 0 Å². The number of unbranched alkanes of at least 4 members (excludes halogenated alkanes) is 2. The van der Waals surface area contributed by atoms with E-state index in [-0.39, 0.29) is 0 Å². The highest BCUT2D eigenvalue weighted by atomic mass is 32.1. The van der Waals surface area contributed by atoms with Gasteiger partial charge in [-0.1, -0.05) is 0 Å². The Labute approximate surface area is 99.7 Å². The second-order valence-electron chi connectivity index (χ2n) is 3.58. The summed E-state index contributed by atoms with van der Waals surface area (Å²) in [4.78, 5) is 4.35. The lowest BCUT2D eigenvalue weighted by Crippen LogP contribution is -2.03. The van der Waals surface area contributed by atoms with Crippen molar-refractivity contribution in [2.45, 2.75) is 19.3 Å². The van der Waals surface area contributed by atoms with Gasteiger partial charge < -0.3 is 5.32 Å². The van der Waals surface area contributed by atoms with Crippen LogP contribution in [0.3, 0.4) is 0 Å². The third kappa shape index (κ3) is 2.53. The molecule has 2 aromatic heterocycles. The minimum Gasteiger partial charge on any atom is -0.370 e. The van der Waals surface area contributed by atoms with Gasteiger partial charge in [0.25, 0.3) is 0 Å². The molecule has 0 unspecified atom stereocenters. The number of terminal acetylenes is 1. The largest absolute Gasteiger partial charge is 0.370 e. The van der Waals surface area contributed by atoms with Gasteiger partial charge in [-0.3, -0.25) is 0 Å². The molecular formula is C13H14N2S. The van der Waals surface area contributed by atoms with Crippen molar-refractivity contribution in [3.63, 3.8) is 0 Å². The van der Waals surface area contributed by atoms with Crippen molar-refractivity contribution >= 4 is 27.2 Å². The van der Waals surface area contributed by atoms with Gasteiger partial charge >= 0.3 is 0 Å². The highest BCUT2D eigenvalue weighted by Gasteiger charge is 2.01. The van der Waals surface area contributed by atoms with Gasteiger partial charge in [0.05, 0.1) is 0 Å². The molecule has 1 N–H and O–H groups in total. The number of nitrogens with one attached hydrogen (secondary N) is 1. The number of pyridine rings is 1. The van der Waals surface area contributed by atoms with Gasteiger partial charge in [0.15, 0.2) is 0 Å². The van der Waals surface area contributed by atoms with Crippen LogP contribution in [0.5, 0.6) is 0 Å². The van der Waals surface area contributed by atoms with E-state index < -0.39 is 0 Å². The maximum absolute atomic E-state index is 5.20.